The van der Waals surface area contributed by atoms with Crippen LogP contribution in [0, 0.1) is 5.92 Å². The first-order valence-electron chi connectivity index (χ1n) is 10.2. The average molecular weight is 408 g/mol. The Kier molecular flexibility index (Phi) is 13.4. The smallest absolute Gasteiger partial charge is 0.379 e. The Morgan fingerprint density at radius 3 is 2.00 bits per heavy atom. The first kappa shape index (κ1) is 24.8. The first-order chi connectivity index (χ1) is 14.1. The largest absolute Gasteiger partial charge is 0.463 e. The fourth-order valence-corrected chi connectivity index (χ4v) is 2.55. The molecule has 162 valence electrons. The predicted octanol–water partition coefficient (Wildman–Crippen LogP) is 3.21. The average Bonchev–Trinajstić information content (AvgIpc) is 2.75. The van der Waals surface area contributed by atoms with Crippen molar-refractivity contribution in [2.24, 2.45) is 5.92 Å². The van der Waals surface area contributed by atoms with Gasteiger partial charge in [0.2, 0.25) is 0 Å². The maximum atomic E-state index is 11.9. The maximum absolute atomic E-state index is 11.9. The summed E-state index contributed by atoms with van der Waals surface area (Å²) in [4.78, 5) is 35.4. The van der Waals surface area contributed by atoms with Crippen LogP contribution in [0.25, 0.3) is 0 Å². The summed E-state index contributed by atoms with van der Waals surface area (Å²) in [6.45, 7) is 5.42. The summed E-state index contributed by atoms with van der Waals surface area (Å²) in [6, 6.07) is 8.24. The van der Waals surface area contributed by atoms with Gasteiger partial charge in [-0.3, -0.25) is 9.59 Å². The van der Waals surface area contributed by atoms with Crippen molar-refractivity contribution in [2.45, 2.75) is 39.5 Å². The number of rotatable bonds is 16. The van der Waals surface area contributed by atoms with E-state index in [4.69, 9.17) is 18.9 Å². The molecule has 7 heteroatoms. The van der Waals surface area contributed by atoms with Crippen LogP contribution in [-0.4, -0.2) is 57.4 Å². The van der Waals surface area contributed by atoms with E-state index >= 15 is 0 Å². The summed E-state index contributed by atoms with van der Waals surface area (Å²) >= 11 is 0. The van der Waals surface area contributed by atoms with Crippen LogP contribution in [0.15, 0.2) is 30.3 Å². The molecule has 29 heavy (non-hydrogen) atoms. The molecule has 1 unspecified atom stereocenters. The van der Waals surface area contributed by atoms with E-state index < -0.39 is 11.8 Å². The molecule has 0 amide bonds. The van der Waals surface area contributed by atoms with E-state index in [1.165, 1.54) is 0 Å². The third-order valence-electron chi connectivity index (χ3n) is 4.26. The minimum Gasteiger partial charge on any atom is -0.463 e. The zero-order chi connectivity index (χ0) is 21.3. The molecule has 0 aliphatic carbocycles. The van der Waals surface area contributed by atoms with Gasteiger partial charge in [-0.15, -0.1) is 0 Å². The third kappa shape index (κ3) is 10.8. The number of esters is 2. The molecule has 1 aromatic rings. The molecular weight excluding hydrogens is 376 g/mol. The molecule has 0 aliphatic rings. The number of ketones is 1. The van der Waals surface area contributed by atoms with E-state index in [-0.39, 0.29) is 31.7 Å². The summed E-state index contributed by atoms with van der Waals surface area (Å²) in [5.74, 6) is -1.77. The summed E-state index contributed by atoms with van der Waals surface area (Å²) < 4.78 is 20.7. The number of benzene rings is 1. The monoisotopic (exact) mass is 408 g/mol. The van der Waals surface area contributed by atoms with Gasteiger partial charge in [0.05, 0.1) is 32.3 Å². The Bertz CT molecular complexity index is 600. The van der Waals surface area contributed by atoms with Crippen LogP contribution in [0.4, 0.5) is 0 Å². The highest BCUT2D eigenvalue weighted by molar-refractivity contribution is 6.40. The Labute approximate surface area is 172 Å². The molecule has 1 atom stereocenters. The summed E-state index contributed by atoms with van der Waals surface area (Å²) in [5.41, 5.74) is 0.295. The topological polar surface area (TPSA) is 88.1 Å². The molecule has 0 spiro atoms. The van der Waals surface area contributed by atoms with Gasteiger partial charge in [0.1, 0.15) is 13.2 Å². The fourth-order valence-electron chi connectivity index (χ4n) is 2.55. The van der Waals surface area contributed by atoms with E-state index in [1.807, 2.05) is 6.92 Å². The second-order valence-electron chi connectivity index (χ2n) is 6.47. The summed E-state index contributed by atoms with van der Waals surface area (Å²) in [7, 11) is 0. The van der Waals surface area contributed by atoms with Crippen LogP contribution in [-0.2, 0) is 28.5 Å². The molecule has 0 aromatic heterocycles. The normalized spacial score (nSPS) is 11.7. The number of unbranched alkanes of at least 4 members (excludes halogenated alkanes) is 1. The van der Waals surface area contributed by atoms with Gasteiger partial charge in [-0.1, -0.05) is 57.0 Å². The second-order valence-corrected chi connectivity index (χ2v) is 6.47. The van der Waals surface area contributed by atoms with Crippen molar-refractivity contribution in [1.82, 2.24) is 0 Å². The van der Waals surface area contributed by atoms with Crippen LogP contribution in [0.3, 0.4) is 0 Å². The van der Waals surface area contributed by atoms with Gasteiger partial charge in [0, 0.05) is 5.56 Å². The highest BCUT2D eigenvalue weighted by atomic mass is 16.6. The molecule has 1 rings (SSSR count). The lowest BCUT2D eigenvalue weighted by Crippen LogP contribution is -2.21. The van der Waals surface area contributed by atoms with Crippen LogP contribution >= 0.6 is 0 Å². The number of ether oxygens (including phenoxy) is 4. The van der Waals surface area contributed by atoms with Crippen LogP contribution in [0.1, 0.15) is 49.9 Å². The van der Waals surface area contributed by atoms with E-state index in [2.05, 4.69) is 6.92 Å². The van der Waals surface area contributed by atoms with Gasteiger partial charge < -0.3 is 18.9 Å². The zero-order valence-electron chi connectivity index (χ0n) is 17.4. The van der Waals surface area contributed by atoms with Gasteiger partial charge in [0.25, 0.3) is 5.78 Å². The van der Waals surface area contributed by atoms with Gasteiger partial charge in [-0.25, -0.2) is 4.79 Å². The van der Waals surface area contributed by atoms with Gasteiger partial charge >= 0.3 is 11.9 Å². The Hall–Kier alpha value is -2.25. The molecule has 0 bridgehead atoms. The Morgan fingerprint density at radius 1 is 0.828 bits per heavy atom. The lowest BCUT2D eigenvalue weighted by atomic mass is 10.00. The number of carbonyl (C=O) groups excluding carboxylic acids is 3. The summed E-state index contributed by atoms with van der Waals surface area (Å²) in [6.07, 6.45) is 3.74. The van der Waals surface area contributed by atoms with Crippen molar-refractivity contribution in [3.8, 4) is 0 Å². The molecule has 0 aliphatic heterocycles. The SMILES string of the molecule is CCCCC(CC)C(=O)OCCOCCOCCOC(=O)C(=O)c1ccccc1. The quantitative estimate of drug-likeness (QED) is 0.180. The lowest BCUT2D eigenvalue weighted by molar-refractivity contribution is -0.150. The van der Waals surface area contributed by atoms with Crippen molar-refractivity contribution in [2.75, 3.05) is 39.6 Å². The second kappa shape index (κ2) is 15.6. The highest BCUT2D eigenvalue weighted by Gasteiger charge is 2.17. The molecular formula is C22H32O7. The van der Waals surface area contributed by atoms with E-state index in [9.17, 15) is 14.4 Å². The van der Waals surface area contributed by atoms with Crippen molar-refractivity contribution < 1.29 is 33.3 Å². The number of hydrogen-bond donors (Lipinski definition) is 0. The first-order valence-corrected chi connectivity index (χ1v) is 10.2. The van der Waals surface area contributed by atoms with E-state index in [0.717, 1.165) is 25.7 Å². The maximum Gasteiger partial charge on any atom is 0.379 e. The minimum absolute atomic E-state index is 0.00874. The number of Topliss-reactive ketones (excluding diaryl/α,β-unsaturated/α-hetero) is 1. The van der Waals surface area contributed by atoms with Gasteiger partial charge in [0.15, 0.2) is 0 Å². The van der Waals surface area contributed by atoms with Crippen LogP contribution < -0.4 is 0 Å². The lowest BCUT2D eigenvalue weighted by Gasteiger charge is -2.13. The molecule has 0 N–H and O–H groups in total. The molecule has 0 radical (unpaired) electrons. The zero-order valence-corrected chi connectivity index (χ0v) is 17.4. The van der Waals surface area contributed by atoms with Crippen molar-refractivity contribution in [3.05, 3.63) is 35.9 Å². The fraction of sp³-hybridized carbons (Fsp3) is 0.591. The summed E-state index contributed by atoms with van der Waals surface area (Å²) in [5, 5.41) is 0. The van der Waals surface area contributed by atoms with Crippen LogP contribution in [0.5, 0.6) is 0 Å². The molecule has 0 saturated carbocycles. The highest BCUT2D eigenvalue weighted by Crippen LogP contribution is 2.14. The van der Waals surface area contributed by atoms with Crippen molar-refractivity contribution in [1.29, 1.82) is 0 Å². The molecule has 0 heterocycles. The number of hydrogen-bond acceptors (Lipinski definition) is 7. The number of carbonyl (C=O) groups is 3. The Balaban J connectivity index is 1.99. The molecule has 0 saturated heterocycles. The van der Waals surface area contributed by atoms with Gasteiger partial charge in [-0.2, -0.15) is 0 Å². The molecule has 0 fully saturated rings. The van der Waals surface area contributed by atoms with Crippen LogP contribution in [0.2, 0.25) is 0 Å². The van der Waals surface area contributed by atoms with Crippen molar-refractivity contribution in [3.63, 3.8) is 0 Å². The molecule has 1 aromatic carbocycles. The predicted molar refractivity (Wildman–Crippen MR) is 108 cm³/mol. The minimum atomic E-state index is -0.901. The Morgan fingerprint density at radius 2 is 1.41 bits per heavy atom. The standard InChI is InChI=1S/C22H32O7/c1-3-5-9-18(4-2)21(24)28-16-14-26-12-13-27-15-17-29-22(25)20(23)19-10-7-6-8-11-19/h6-8,10-11,18H,3-5,9,12-17H2,1-2H3. The van der Waals surface area contributed by atoms with Gasteiger partial charge in [-0.05, 0) is 12.8 Å². The van der Waals surface area contributed by atoms with Crippen molar-refractivity contribution >= 4 is 17.7 Å². The van der Waals surface area contributed by atoms with E-state index in [0.29, 0.717) is 25.4 Å². The third-order valence-corrected chi connectivity index (χ3v) is 4.26. The molecule has 7 nitrogen and oxygen atoms in total. The van der Waals surface area contributed by atoms with E-state index in [1.54, 1.807) is 30.3 Å².